The van der Waals surface area contributed by atoms with Crippen molar-refractivity contribution >= 4 is 17.7 Å². The van der Waals surface area contributed by atoms with E-state index in [0.29, 0.717) is 6.42 Å². The fourth-order valence-electron chi connectivity index (χ4n) is 4.45. The topological polar surface area (TPSA) is 87.0 Å². The number of aryl methyl sites for hydroxylation is 1. The van der Waals surface area contributed by atoms with Crippen LogP contribution in [-0.2, 0) is 22.8 Å². The van der Waals surface area contributed by atoms with Crippen molar-refractivity contribution in [2.75, 3.05) is 5.32 Å². The van der Waals surface area contributed by atoms with Crippen LogP contribution in [0.5, 0.6) is 0 Å². The van der Waals surface area contributed by atoms with Gasteiger partial charge in [-0.25, -0.2) is 0 Å². The molecule has 1 aromatic carbocycles. The number of carbonyl (C=O) groups excluding carboxylic acids is 2. The Kier molecular flexibility index (Phi) is 4.48. The van der Waals surface area contributed by atoms with Gasteiger partial charge in [-0.3, -0.25) is 9.48 Å². The average molecular weight is 404 g/mol. The lowest BCUT2D eigenvalue weighted by Gasteiger charge is -2.28. The van der Waals surface area contributed by atoms with Gasteiger partial charge in [0.25, 0.3) is 0 Å². The Labute approximate surface area is 164 Å². The Hall–Kier alpha value is -3.10. The highest BCUT2D eigenvalue weighted by molar-refractivity contribution is 5.99. The van der Waals surface area contributed by atoms with Gasteiger partial charge in [0.05, 0.1) is 11.5 Å². The number of nitrogens with zero attached hydrogens (tertiary/aromatic N) is 2. The van der Waals surface area contributed by atoms with Crippen LogP contribution < -0.4 is 10.4 Å². The zero-order chi connectivity index (χ0) is 20.9. The summed E-state index contributed by atoms with van der Waals surface area (Å²) in [5.74, 6) is -4.58. The van der Waals surface area contributed by atoms with Crippen LogP contribution in [0, 0.1) is 23.7 Å². The molecule has 4 atom stereocenters. The van der Waals surface area contributed by atoms with Gasteiger partial charge in [-0.2, -0.15) is 18.3 Å². The predicted octanol–water partition coefficient (Wildman–Crippen LogP) is 2.23. The van der Waals surface area contributed by atoms with Gasteiger partial charge < -0.3 is 15.2 Å². The molecule has 1 saturated carbocycles. The van der Waals surface area contributed by atoms with E-state index < -0.39 is 35.6 Å². The first-order chi connectivity index (χ1) is 13.7. The largest absolute Gasteiger partial charge is 0.550 e. The molecule has 9 heteroatoms. The van der Waals surface area contributed by atoms with Crippen LogP contribution in [0.15, 0.2) is 42.5 Å². The van der Waals surface area contributed by atoms with Gasteiger partial charge in [0, 0.05) is 18.9 Å². The van der Waals surface area contributed by atoms with Crippen molar-refractivity contribution in [3.8, 4) is 11.1 Å². The number of halogens is 3. The summed E-state index contributed by atoms with van der Waals surface area (Å²) in [4.78, 5) is 24.5. The van der Waals surface area contributed by atoms with Gasteiger partial charge in [-0.1, -0.05) is 42.5 Å². The van der Waals surface area contributed by atoms with E-state index in [-0.39, 0.29) is 28.8 Å². The van der Waals surface area contributed by atoms with Crippen LogP contribution >= 0.6 is 0 Å². The average Bonchev–Trinajstić information content (AvgIpc) is 3.35. The van der Waals surface area contributed by atoms with E-state index in [0.717, 1.165) is 4.68 Å². The van der Waals surface area contributed by atoms with Gasteiger partial charge in [0.1, 0.15) is 5.82 Å². The normalized spacial score (nSPS) is 25.4. The zero-order valence-corrected chi connectivity index (χ0v) is 15.3. The van der Waals surface area contributed by atoms with Crippen LogP contribution in [0.1, 0.15) is 12.1 Å². The van der Waals surface area contributed by atoms with Crippen LogP contribution in [-0.4, -0.2) is 21.7 Å². The first kappa shape index (κ1) is 19.2. The number of allylic oxidation sites excluding steroid dienone is 2. The van der Waals surface area contributed by atoms with Crippen molar-refractivity contribution in [2.45, 2.75) is 12.6 Å². The summed E-state index contributed by atoms with van der Waals surface area (Å²) in [6.07, 6.45) is -0.664. The van der Waals surface area contributed by atoms with Gasteiger partial charge in [-0.05, 0) is 23.8 Å². The molecule has 4 rings (SSSR count). The molecule has 2 aliphatic rings. The SMILES string of the molecule is Cn1nc(C(F)(F)F)c(-c2ccccc2)c1NC(=O)[C@H]1[C@@H](C(=O)[O-])[C@@H]2C=C[C@@H]1C2. The minimum Gasteiger partial charge on any atom is -0.550 e. The smallest absolute Gasteiger partial charge is 0.435 e. The quantitative estimate of drug-likeness (QED) is 0.792. The van der Waals surface area contributed by atoms with Crippen molar-refractivity contribution in [1.82, 2.24) is 9.78 Å². The highest BCUT2D eigenvalue weighted by atomic mass is 19.4. The molecule has 1 fully saturated rings. The number of aliphatic carboxylic acids is 1. The Balaban J connectivity index is 1.74. The maximum absolute atomic E-state index is 13.6. The number of amides is 1. The summed E-state index contributed by atoms with van der Waals surface area (Å²) in [6, 6.07) is 7.82. The third kappa shape index (κ3) is 3.20. The second kappa shape index (κ2) is 6.75. The minimum atomic E-state index is -4.73. The van der Waals surface area contributed by atoms with Crippen LogP contribution in [0.3, 0.4) is 0 Å². The van der Waals surface area contributed by atoms with Gasteiger partial charge in [0.15, 0.2) is 5.69 Å². The molecule has 2 bridgehead atoms. The van der Waals surface area contributed by atoms with Crippen molar-refractivity contribution in [1.29, 1.82) is 0 Å². The first-order valence-corrected chi connectivity index (χ1v) is 9.08. The fourth-order valence-corrected chi connectivity index (χ4v) is 4.45. The fraction of sp³-hybridized carbons (Fsp3) is 0.350. The number of carboxylic acid groups (broad SMARTS) is 1. The summed E-state index contributed by atoms with van der Waals surface area (Å²) in [5, 5.41) is 17.7. The number of carbonyl (C=O) groups is 2. The molecule has 2 aromatic rings. The Bertz CT molecular complexity index is 998. The number of carboxylic acids is 1. The molecule has 1 heterocycles. The van der Waals surface area contributed by atoms with E-state index in [1.54, 1.807) is 30.4 Å². The molecule has 0 spiro atoms. The van der Waals surface area contributed by atoms with Crippen molar-refractivity contribution in [2.24, 2.45) is 30.7 Å². The van der Waals surface area contributed by atoms with Gasteiger partial charge in [-0.15, -0.1) is 0 Å². The van der Waals surface area contributed by atoms with Gasteiger partial charge >= 0.3 is 6.18 Å². The second-order valence-electron chi connectivity index (χ2n) is 7.37. The monoisotopic (exact) mass is 404 g/mol. The molecule has 152 valence electrons. The van der Waals surface area contributed by atoms with E-state index in [2.05, 4.69) is 10.4 Å². The third-order valence-electron chi connectivity index (χ3n) is 5.65. The molecular weight excluding hydrogens is 387 g/mol. The molecule has 0 aliphatic heterocycles. The highest BCUT2D eigenvalue weighted by Gasteiger charge is 2.49. The number of anilines is 1. The van der Waals surface area contributed by atoms with Crippen molar-refractivity contribution in [3.05, 3.63) is 48.2 Å². The maximum atomic E-state index is 13.6. The molecular formula is C20H17F3N3O3-. The lowest BCUT2D eigenvalue weighted by Crippen LogP contribution is -2.43. The van der Waals surface area contributed by atoms with E-state index in [4.69, 9.17) is 0 Å². The summed E-state index contributed by atoms with van der Waals surface area (Å²) in [5.41, 5.74) is -1.13. The van der Waals surface area contributed by atoms with E-state index in [9.17, 15) is 27.9 Å². The predicted molar refractivity (Wildman–Crippen MR) is 95.0 cm³/mol. The zero-order valence-electron chi connectivity index (χ0n) is 15.3. The third-order valence-corrected chi connectivity index (χ3v) is 5.65. The number of nitrogens with one attached hydrogen (secondary N) is 1. The van der Waals surface area contributed by atoms with E-state index >= 15 is 0 Å². The van der Waals surface area contributed by atoms with Crippen molar-refractivity contribution in [3.63, 3.8) is 0 Å². The molecule has 6 nitrogen and oxygen atoms in total. The number of aromatic nitrogens is 2. The van der Waals surface area contributed by atoms with Gasteiger partial charge in [0.2, 0.25) is 5.91 Å². The number of benzene rings is 1. The lowest BCUT2D eigenvalue weighted by molar-refractivity contribution is -0.313. The molecule has 29 heavy (non-hydrogen) atoms. The molecule has 1 amide bonds. The highest BCUT2D eigenvalue weighted by Crippen LogP contribution is 2.48. The molecule has 2 aliphatic carbocycles. The maximum Gasteiger partial charge on any atom is 0.435 e. The summed E-state index contributed by atoms with van der Waals surface area (Å²) < 4.78 is 41.7. The lowest BCUT2D eigenvalue weighted by atomic mass is 9.82. The standard InChI is InChI=1S/C20H18F3N3O3/c1-26-17(15(10-5-3-2-4-6-10)16(25-26)20(21,22)23)24-18(27)13-11-7-8-12(9-11)14(13)19(28)29/h2-8,11-14H,9H2,1H3,(H,24,27)(H,28,29)/p-1/t11-,12-,13-,14+/m1/s1. The summed E-state index contributed by atoms with van der Waals surface area (Å²) in [7, 11) is 1.30. The molecule has 1 N–H and O–H groups in total. The Morgan fingerprint density at radius 2 is 1.76 bits per heavy atom. The second-order valence-corrected chi connectivity index (χ2v) is 7.37. The van der Waals surface area contributed by atoms with Crippen molar-refractivity contribution < 1.29 is 27.9 Å². The number of alkyl halides is 3. The first-order valence-electron chi connectivity index (χ1n) is 9.08. The Morgan fingerprint density at radius 3 is 2.34 bits per heavy atom. The molecule has 1 aromatic heterocycles. The number of hydrogen-bond acceptors (Lipinski definition) is 4. The van der Waals surface area contributed by atoms with E-state index in [1.165, 1.54) is 19.2 Å². The summed E-state index contributed by atoms with van der Waals surface area (Å²) >= 11 is 0. The molecule has 0 unspecified atom stereocenters. The van der Waals surface area contributed by atoms with Crippen LogP contribution in [0.25, 0.3) is 11.1 Å². The summed E-state index contributed by atoms with van der Waals surface area (Å²) in [6.45, 7) is 0. The number of hydrogen-bond donors (Lipinski definition) is 1. The van der Waals surface area contributed by atoms with Crippen LogP contribution in [0.4, 0.5) is 19.0 Å². The molecule has 0 saturated heterocycles. The van der Waals surface area contributed by atoms with E-state index in [1.807, 2.05) is 0 Å². The minimum absolute atomic E-state index is 0.127. The Morgan fingerprint density at radius 1 is 1.14 bits per heavy atom. The van der Waals surface area contributed by atoms with Crippen LogP contribution in [0.2, 0.25) is 0 Å². The number of fused-ring (bicyclic) bond motifs is 2. The number of rotatable bonds is 4. The molecule has 0 radical (unpaired) electrons.